The Bertz CT molecular complexity index is 91.3. The van der Waals surface area contributed by atoms with E-state index < -0.39 is 0 Å². The molecule has 2 atom stereocenters. The molecule has 0 amide bonds. The molecule has 0 radical (unpaired) electrons. The molecule has 0 saturated heterocycles. The van der Waals surface area contributed by atoms with Gasteiger partial charge in [-0.3, -0.25) is 4.57 Å². The van der Waals surface area contributed by atoms with E-state index in [2.05, 4.69) is 13.8 Å². The fourth-order valence-corrected chi connectivity index (χ4v) is 0.945. The highest BCUT2D eigenvalue weighted by atomic mass is 31.1. The van der Waals surface area contributed by atoms with Crippen molar-refractivity contribution in [2.24, 2.45) is 0 Å². The average Bonchev–Trinajstić information content (AvgIpc) is 2.23. The van der Waals surface area contributed by atoms with Gasteiger partial charge in [0.1, 0.15) is 0 Å². The van der Waals surface area contributed by atoms with Crippen LogP contribution in [0.15, 0.2) is 0 Å². The molecule has 8 N–H and O–H groups in total. The zero-order valence-electron chi connectivity index (χ0n) is 11.5. The third-order valence-corrected chi connectivity index (χ3v) is 3.12. The number of hydrogen-bond acceptors (Lipinski definition) is 3. The Morgan fingerprint density at radius 1 is 0.842 bits per heavy atom. The summed E-state index contributed by atoms with van der Waals surface area (Å²) in [6.07, 6.45) is 5.98. The summed E-state index contributed by atoms with van der Waals surface area (Å²) >= 11 is 0. The zero-order chi connectivity index (χ0) is 12.4. The second-order valence-electron chi connectivity index (χ2n) is 2.67. The summed E-state index contributed by atoms with van der Waals surface area (Å²) in [5.41, 5.74) is 0. The smallest absolute Gasteiger partial charge is 0.155 e. The van der Waals surface area contributed by atoms with Gasteiger partial charge in [-0.1, -0.05) is 41.0 Å². The van der Waals surface area contributed by atoms with Crippen molar-refractivity contribution in [1.82, 2.24) is 0 Å². The topological polar surface area (TPSA) is 152 Å². The lowest BCUT2D eigenvalue weighted by molar-refractivity contribution is 0.598. The zero-order valence-corrected chi connectivity index (χ0v) is 14.4. The Kier molecular flexibility index (Phi) is 140. The Labute approximate surface area is 123 Å². The minimum absolute atomic E-state index is 0. The van der Waals surface area contributed by atoms with E-state index >= 15 is 0 Å². The van der Waals surface area contributed by atoms with Crippen LogP contribution in [0.1, 0.15) is 47.5 Å². The Morgan fingerprint density at radius 3 is 1.16 bits per heavy atom. The van der Waals surface area contributed by atoms with Gasteiger partial charge in [-0.2, -0.15) is 0 Å². The highest BCUT2D eigenvalue weighted by molar-refractivity contribution is 7.31. The monoisotopic (exact) mass is 344 g/mol. The third kappa shape index (κ3) is 115. The SMILES string of the molecule is C.CCCP=O.CCCPO.CCCPO.O.O.O. The van der Waals surface area contributed by atoms with Crippen molar-refractivity contribution in [3.05, 3.63) is 0 Å². The lowest BCUT2D eigenvalue weighted by atomic mass is 10.6. The molecule has 2 unspecified atom stereocenters. The predicted molar refractivity (Wildman–Crippen MR) is 91.7 cm³/mol. The van der Waals surface area contributed by atoms with Gasteiger partial charge in [0.15, 0.2) is 8.46 Å². The maximum Gasteiger partial charge on any atom is 0.155 e. The van der Waals surface area contributed by atoms with Crippen LogP contribution < -0.4 is 0 Å². The first kappa shape index (κ1) is 42.7. The van der Waals surface area contributed by atoms with Crippen LogP contribution in [-0.4, -0.2) is 44.7 Å². The molecular weight excluding hydrogens is 309 g/mol. The van der Waals surface area contributed by atoms with E-state index in [0.717, 1.165) is 37.7 Å². The van der Waals surface area contributed by atoms with Gasteiger partial charge < -0.3 is 26.2 Å². The average molecular weight is 344 g/mol. The molecule has 0 aliphatic heterocycles. The van der Waals surface area contributed by atoms with Crippen LogP contribution in [-0.2, 0) is 4.57 Å². The standard InChI is InChI=1S/2C3H9OP.C3H7OP.CH4.3H2O/c3*1-2-3-5-4;;;;/h2*4-5H,2-3H2,1H3;2-3H2,1H3;1H4;3*1H2. The molecule has 0 aromatic carbocycles. The summed E-state index contributed by atoms with van der Waals surface area (Å²) in [5, 5.41) is 0. The Morgan fingerprint density at radius 2 is 1.16 bits per heavy atom. The van der Waals surface area contributed by atoms with Crippen LogP contribution in [0.25, 0.3) is 0 Å². The maximum atomic E-state index is 9.50. The van der Waals surface area contributed by atoms with Crippen LogP contribution >= 0.6 is 26.1 Å². The first-order valence-electron chi connectivity index (χ1n) is 5.27. The molecule has 0 heterocycles. The van der Waals surface area contributed by atoms with Gasteiger partial charge in [0.05, 0.1) is 0 Å². The molecule has 0 bridgehead atoms. The Balaban J connectivity index is -0.0000000206. The quantitative estimate of drug-likeness (QED) is 0.706. The summed E-state index contributed by atoms with van der Waals surface area (Å²) in [4.78, 5) is 16.2. The lowest BCUT2D eigenvalue weighted by Crippen LogP contribution is -1.62. The van der Waals surface area contributed by atoms with Crippen molar-refractivity contribution in [2.45, 2.75) is 47.5 Å². The van der Waals surface area contributed by atoms with Crippen molar-refractivity contribution < 1.29 is 30.8 Å². The minimum atomic E-state index is 0. The van der Waals surface area contributed by atoms with Crippen LogP contribution in [0.2, 0.25) is 0 Å². The highest BCUT2D eigenvalue weighted by Gasteiger charge is 1.70. The molecule has 126 valence electrons. The maximum absolute atomic E-state index is 9.50. The Hall–Kier alpha value is 0.760. The van der Waals surface area contributed by atoms with E-state index in [9.17, 15) is 4.57 Å². The van der Waals surface area contributed by atoms with Crippen LogP contribution in [0.4, 0.5) is 0 Å². The van der Waals surface area contributed by atoms with E-state index in [0.29, 0.717) is 0 Å². The molecule has 0 aromatic heterocycles. The number of rotatable bonds is 6. The van der Waals surface area contributed by atoms with Crippen LogP contribution in [0, 0.1) is 0 Å². The summed E-state index contributed by atoms with van der Waals surface area (Å²) in [5.74, 6) is 0. The van der Waals surface area contributed by atoms with Gasteiger partial charge in [-0.05, 0) is 18.7 Å². The highest BCUT2D eigenvalue weighted by Crippen LogP contribution is 2.00. The molecular formula is C10H35O6P3. The molecule has 0 aliphatic rings. The van der Waals surface area contributed by atoms with Crippen molar-refractivity contribution >= 4 is 26.1 Å². The van der Waals surface area contributed by atoms with E-state index in [1.165, 1.54) is 0 Å². The van der Waals surface area contributed by atoms with E-state index in [1.807, 2.05) is 6.92 Å². The van der Waals surface area contributed by atoms with Gasteiger partial charge in [0, 0.05) is 23.8 Å². The van der Waals surface area contributed by atoms with E-state index in [1.54, 1.807) is 0 Å². The normalized spacial score (nSPS) is 8.05. The second kappa shape index (κ2) is 62.1. The second-order valence-corrected chi connectivity index (χ2v) is 5.01. The summed E-state index contributed by atoms with van der Waals surface area (Å²) in [6.45, 7) is 6.12. The van der Waals surface area contributed by atoms with Crippen molar-refractivity contribution in [3.63, 3.8) is 0 Å². The molecule has 0 aliphatic carbocycles. The van der Waals surface area contributed by atoms with Crippen molar-refractivity contribution in [3.8, 4) is 0 Å². The summed E-state index contributed by atoms with van der Waals surface area (Å²) < 4.78 is 9.50. The molecule has 0 spiro atoms. The van der Waals surface area contributed by atoms with E-state index in [-0.39, 0.29) is 49.9 Å². The van der Waals surface area contributed by atoms with Crippen molar-refractivity contribution in [2.75, 3.05) is 18.5 Å². The fraction of sp³-hybridized carbons (Fsp3) is 1.00. The van der Waals surface area contributed by atoms with Gasteiger partial charge in [0.2, 0.25) is 0 Å². The summed E-state index contributed by atoms with van der Waals surface area (Å²) in [7, 11) is 0.595. The number of hydrogen-bond donors (Lipinski definition) is 2. The van der Waals surface area contributed by atoms with Gasteiger partial charge in [-0.15, -0.1) is 0 Å². The van der Waals surface area contributed by atoms with Gasteiger partial charge in [0.25, 0.3) is 0 Å². The molecule has 0 aromatic rings. The van der Waals surface area contributed by atoms with Gasteiger partial charge >= 0.3 is 0 Å². The molecule has 0 saturated carbocycles. The largest absolute Gasteiger partial charge is 0.412 e. The molecule has 0 fully saturated rings. The third-order valence-electron chi connectivity index (χ3n) is 1.04. The van der Waals surface area contributed by atoms with Crippen molar-refractivity contribution in [1.29, 1.82) is 0 Å². The lowest BCUT2D eigenvalue weighted by Gasteiger charge is -1.79. The minimum Gasteiger partial charge on any atom is -0.412 e. The first-order chi connectivity index (χ1) is 7.24. The summed E-state index contributed by atoms with van der Waals surface area (Å²) in [6, 6.07) is 0. The molecule has 6 nitrogen and oxygen atoms in total. The molecule has 19 heavy (non-hydrogen) atoms. The van der Waals surface area contributed by atoms with E-state index in [4.69, 9.17) is 9.79 Å². The van der Waals surface area contributed by atoms with Crippen LogP contribution in [0.5, 0.6) is 0 Å². The van der Waals surface area contributed by atoms with Gasteiger partial charge in [-0.25, -0.2) is 0 Å². The fourth-order valence-electron chi connectivity index (χ4n) is 0.315. The van der Waals surface area contributed by atoms with Crippen LogP contribution in [0.3, 0.4) is 0 Å². The first-order valence-corrected chi connectivity index (χ1v) is 8.58. The molecule has 9 heteroatoms. The predicted octanol–water partition coefficient (Wildman–Crippen LogP) is 1.81. The molecule has 0 rings (SSSR count).